The highest BCUT2D eigenvalue weighted by Crippen LogP contribution is 2.18. The number of hydrazine groups is 1. The molecule has 1 fully saturated rings. The third-order valence-corrected chi connectivity index (χ3v) is 6.53. The molecule has 0 radical (unpaired) electrons. The molecule has 2 N–H and O–H groups in total. The molecule has 0 bridgehead atoms. The predicted molar refractivity (Wildman–Crippen MR) is 107 cm³/mol. The number of nitrogens with one attached hydrogen (secondary N) is 2. The fourth-order valence-electron chi connectivity index (χ4n) is 2.96. The summed E-state index contributed by atoms with van der Waals surface area (Å²) in [5.41, 5.74) is 6.67. The lowest BCUT2D eigenvalue weighted by Crippen LogP contribution is -2.42. The Morgan fingerprint density at radius 3 is 2.48 bits per heavy atom. The van der Waals surface area contributed by atoms with E-state index in [1.54, 1.807) is 0 Å². The number of sulfonamides is 1. The first-order valence-corrected chi connectivity index (χ1v) is 10.6. The van der Waals surface area contributed by atoms with E-state index in [9.17, 15) is 18.0 Å². The van der Waals surface area contributed by atoms with E-state index < -0.39 is 15.9 Å². The second-order valence-corrected chi connectivity index (χ2v) is 8.59. The van der Waals surface area contributed by atoms with Crippen LogP contribution in [0.1, 0.15) is 21.5 Å². The molecular formula is C20H23N3O5S. The van der Waals surface area contributed by atoms with Crippen molar-refractivity contribution in [1.82, 2.24) is 15.2 Å². The molecule has 2 aromatic rings. The number of amides is 2. The van der Waals surface area contributed by atoms with Gasteiger partial charge in [-0.05, 0) is 36.2 Å². The minimum Gasteiger partial charge on any atom is -0.379 e. The minimum atomic E-state index is -3.71. The molecule has 0 aliphatic carbocycles. The standard InChI is InChI=1S/C20H23N3O5S/c1-15-5-2-3-6-16(15)14-19(24)21-22-20(25)17-7-4-8-18(13-17)29(26,27)23-9-11-28-12-10-23/h2-8,13H,9-12,14H2,1H3,(H,21,24)(H,22,25). The number of nitrogens with zero attached hydrogens (tertiary/aromatic N) is 1. The average molecular weight is 417 g/mol. The highest BCUT2D eigenvalue weighted by Gasteiger charge is 2.26. The molecule has 1 heterocycles. The van der Waals surface area contributed by atoms with Crippen molar-refractivity contribution in [2.45, 2.75) is 18.2 Å². The van der Waals surface area contributed by atoms with Gasteiger partial charge in [-0.3, -0.25) is 20.4 Å². The van der Waals surface area contributed by atoms with Crippen molar-refractivity contribution >= 4 is 21.8 Å². The Bertz CT molecular complexity index is 1000. The topological polar surface area (TPSA) is 105 Å². The number of benzene rings is 2. The molecule has 1 saturated heterocycles. The third-order valence-electron chi connectivity index (χ3n) is 4.63. The van der Waals surface area contributed by atoms with Crippen LogP contribution in [0.25, 0.3) is 0 Å². The molecule has 2 aromatic carbocycles. The number of hydrogen-bond acceptors (Lipinski definition) is 5. The van der Waals surface area contributed by atoms with E-state index in [1.807, 2.05) is 31.2 Å². The Kier molecular flexibility index (Phi) is 6.63. The molecule has 1 aliphatic rings. The number of carbonyl (C=O) groups excluding carboxylic acids is 2. The number of hydrogen-bond donors (Lipinski definition) is 2. The normalized spacial score (nSPS) is 14.9. The van der Waals surface area contributed by atoms with Gasteiger partial charge in [0.15, 0.2) is 0 Å². The van der Waals surface area contributed by atoms with E-state index in [2.05, 4.69) is 10.9 Å². The van der Waals surface area contributed by atoms with E-state index >= 15 is 0 Å². The SMILES string of the molecule is Cc1ccccc1CC(=O)NNC(=O)c1cccc(S(=O)(=O)N2CCOCC2)c1. The first-order valence-electron chi connectivity index (χ1n) is 9.19. The van der Waals surface area contributed by atoms with Crippen molar-refractivity contribution in [3.05, 3.63) is 65.2 Å². The van der Waals surface area contributed by atoms with Crippen LogP contribution in [0.4, 0.5) is 0 Å². The summed E-state index contributed by atoms with van der Waals surface area (Å²) in [5, 5.41) is 0. The van der Waals surface area contributed by atoms with Crippen LogP contribution >= 0.6 is 0 Å². The fraction of sp³-hybridized carbons (Fsp3) is 0.300. The number of ether oxygens (including phenoxy) is 1. The smallest absolute Gasteiger partial charge is 0.269 e. The van der Waals surface area contributed by atoms with Crippen LogP contribution in [0.2, 0.25) is 0 Å². The summed E-state index contributed by atoms with van der Waals surface area (Å²) in [7, 11) is -3.71. The van der Waals surface area contributed by atoms with Crippen LogP contribution in [0.5, 0.6) is 0 Å². The Hall–Kier alpha value is -2.75. The summed E-state index contributed by atoms with van der Waals surface area (Å²) in [6.07, 6.45) is 0.123. The maximum Gasteiger partial charge on any atom is 0.269 e. The Morgan fingerprint density at radius 1 is 1.03 bits per heavy atom. The summed E-state index contributed by atoms with van der Waals surface area (Å²) < 4.78 is 32.0. The average Bonchev–Trinajstić information content (AvgIpc) is 2.74. The first kappa shape index (κ1) is 21.0. The quantitative estimate of drug-likeness (QED) is 0.707. The maximum atomic E-state index is 12.7. The molecule has 9 heteroatoms. The van der Waals surface area contributed by atoms with Gasteiger partial charge in [0.05, 0.1) is 24.5 Å². The van der Waals surface area contributed by atoms with Crippen LogP contribution in [-0.2, 0) is 26.0 Å². The number of rotatable bonds is 5. The van der Waals surface area contributed by atoms with Crippen molar-refractivity contribution in [2.75, 3.05) is 26.3 Å². The first-order chi connectivity index (χ1) is 13.9. The molecule has 0 saturated carbocycles. The molecule has 2 amide bonds. The maximum absolute atomic E-state index is 12.7. The molecule has 1 aliphatic heterocycles. The van der Waals surface area contributed by atoms with E-state index in [4.69, 9.17) is 4.74 Å². The molecular weight excluding hydrogens is 394 g/mol. The van der Waals surface area contributed by atoms with Gasteiger partial charge < -0.3 is 4.74 Å². The summed E-state index contributed by atoms with van der Waals surface area (Å²) in [4.78, 5) is 24.5. The summed E-state index contributed by atoms with van der Waals surface area (Å²) in [6, 6.07) is 13.2. The van der Waals surface area contributed by atoms with Gasteiger partial charge in [0.1, 0.15) is 0 Å². The molecule has 3 rings (SSSR count). The zero-order chi connectivity index (χ0) is 20.9. The van der Waals surface area contributed by atoms with Gasteiger partial charge in [0.2, 0.25) is 15.9 Å². The largest absolute Gasteiger partial charge is 0.379 e. The highest BCUT2D eigenvalue weighted by atomic mass is 32.2. The van der Waals surface area contributed by atoms with Gasteiger partial charge >= 0.3 is 0 Å². The molecule has 0 aromatic heterocycles. The molecule has 0 unspecified atom stereocenters. The minimum absolute atomic E-state index is 0.0262. The lowest BCUT2D eigenvalue weighted by Gasteiger charge is -2.26. The van der Waals surface area contributed by atoms with Crippen molar-refractivity contribution in [3.8, 4) is 0 Å². The van der Waals surface area contributed by atoms with Crippen LogP contribution in [0.15, 0.2) is 53.4 Å². The van der Waals surface area contributed by atoms with Crippen LogP contribution in [0.3, 0.4) is 0 Å². The second-order valence-electron chi connectivity index (χ2n) is 6.65. The van der Waals surface area contributed by atoms with Gasteiger partial charge in [-0.15, -0.1) is 0 Å². The van der Waals surface area contributed by atoms with E-state index in [0.29, 0.717) is 13.2 Å². The van der Waals surface area contributed by atoms with Crippen molar-refractivity contribution in [3.63, 3.8) is 0 Å². The molecule has 154 valence electrons. The van der Waals surface area contributed by atoms with Crippen LogP contribution < -0.4 is 10.9 Å². The zero-order valence-electron chi connectivity index (χ0n) is 16.1. The van der Waals surface area contributed by atoms with Gasteiger partial charge in [-0.1, -0.05) is 30.3 Å². The summed E-state index contributed by atoms with van der Waals surface area (Å²) >= 11 is 0. The molecule has 0 spiro atoms. The molecule has 8 nitrogen and oxygen atoms in total. The van der Waals surface area contributed by atoms with Crippen molar-refractivity contribution < 1.29 is 22.7 Å². The molecule has 29 heavy (non-hydrogen) atoms. The third kappa shape index (κ3) is 5.20. The Labute approximate surface area is 169 Å². The van der Waals surface area contributed by atoms with Crippen LogP contribution in [-0.4, -0.2) is 50.8 Å². The van der Waals surface area contributed by atoms with Gasteiger partial charge in [-0.2, -0.15) is 4.31 Å². The lowest BCUT2D eigenvalue weighted by molar-refractivity contribution is -0.121. The van der Waals surface area contributed by atoms with Crippen LogP contribution in [0, 0.1) is 6.92 Å². The molecule has 0 atom stereocenters. The fourth-order valence-corrected chi connectivity index (χ4v) is 4.41. The van der Waals surface area contributed by atoms with Gasteiger partial charge in [-0.25, -0.2) is 8.42 Å². The number of aryl methyl sites for hydroxylation is 1. The predicted octanol–water partition coefficient (Wildman–Crippen LogP) is 1.02. The number of morpholine rings is 1. The second kappa shape index (κ2) is 9.17. The lowest BCUT2D eigenvalue weighted by atomic mass is 10.1. The van der Waals surface area contributed by atoms with Gasteiger partial charge in [0, 0.05) is 18.7 Å². The van der Waals surface area contributed by atoms with E-state index in [1.165, 1.54) is 28.6 Å². The summed E-state index contributed by atoms with van der Waals surface area (Å²) in [6.45, 7) is 3.13. The van der Waals surface area contributed by atoms with E-state index in [0.717, 1.165) is 11.1 Å². The Morgan fingerprint density at radius 2 is 1.76 bits per heavy atom. The van der Waals surface area contributed by atoms with E-state index in [-0.39, 0.29) is 35.9 Å². The number of carbonyl (C=O) groups is 2. The van der Waals surface area contributed by atoms with Crippen molar-refractivity contribution in [1.29, 1.82) is 0 Å². The Balaban J connectivity index is 1.63. The monoisotopic (exact) mass is 417 g/mol. The zero-order valence-corrected chi connectivity index (χ0v) is 16.9. The summed E-state index contributed by atoms with van der Waals surface area (Å²) in [5.74, 6) is -0.966. The van der Waals surface area contributed by atoms with Gasteiger partial charge in [0.25, 0.3) is 5.91 Å². The van der Waals surface area contributed by atoms with Crippen molar-refractivity contribution in [2.24, 2.45) is 0 Å². The highest BCUT2D eigenvalue weighted by molar-refractivity contribution is 7.89.